The molecule has 192 valence electrons. The van der Waals surface area contributed by atoms with Gasteiger partial charge in [-0.25, -0.2) is 15.4 Å². The highest BCUT2D eigenvalue weighted by molar-refractivity contribution is 5.75. The van der Waals surface area contributed by atoms with Gasteiger partial charge in [-0.3, -0.25) is 10.2 Å². The molecule has 33 heavy (non-hydrogen) atoms. The standard InChI is InChI=1S/C24H46N4O5/c1-18-11-13-19(14-12-18)28(22(31)33-24(5,6)7)17-9-16-27(15-8-10-20(29)26-25)21(30)32-23(2,3)4/h18-19H,8-17,25H2,1-7H3,(H,26,29). The second-order valence-corrected chi connectivity index (χ2v) is 11.1. The second kappa shape index (κ2) is 13.0. The van der Waals surface area contributed by atoms with Crippen molar-refractivity contribution in [3.8, 4) is 0 Å². The first-order valence-corrected chi connectivity index (χ1v) is 12.2. The number of hydrazine groups is 1. The van der Waals surface area contributed by atoms with Crippen LogP contribution in [0.5, 0.6) is 0 Å². The van der Waals surface area contributed by atoms with Crippen LogP contribution in [0.2, 0.25) is 0 Å². The van der Waals surface area contributed by atoms with Gasteiger partial charge in [-0.15, -0.1) is 0 Å². The molecular formula is C24H46N4O5. The maximum Gasteiger partial charge on any atom is 0.410 e. The number of amides is 3. The molecule has 0 bridgehead atoms. The van der Waals surface area contributed by atoms with E-state index in [-0.39, 0.29) is 24.5 Å². The van der Waals surface area contributed by atoms with Gasteiger partial charge in [-0.1, -0.05) is 6.92 Å². The van der Waals surface area contributed by atoms with Crippen LogP contribution in [0.4, 0.5) is 9.59 Å². The van der Waals surface area contributed by atoms with E-state index in [1.165, 1.54) is 0 Å². The van der Waals surface area contributed by atoms with Gasteiger partial charge in [0.2, 0.25) is 5.91 Å². The highest BCUT2D eigenvalue weighted by Crippen LogP contribution is 2.28. The van der Waals surface area contributed by atoms with E-state index < -0.39 is 17.3 Å². The Labute approximate surface area is 199 Å². The quantitative estimate of drug-likeness (QED) is 0.296. The highest BCUT2D eigenvalue weighted by Gasteiger charge is 2.31. The van der Waals surface area contributed by atoms with Crippen molar-refractivity contribution >= 4 is 18.1 Å². The Morgan fingerprint density at radius 2 is 1.36 bits per heavy atom. The maximum absolute atomic E-state index is 13.0. The van der Waals surface area contributed by atoms with Gasteiger partial charge in [0.15, 0.2) is 0 Å². The summed E-state index contributed by atoms with van der Waals surface area (Å²) >= 11 is 0. The van der Waals surface area contributed by atoms with Crippen molar-refractivity contribution in [3.63, 3.8) is 0 Å². The molecule has 1 rings (SSSR count). The van der Waals surface area contributed by atoms with Crippen LogP contribution in [0.1, 0.15) is 93.4 Å². The van der Waals surface area contributed by atoms with Gasteiger partial charge < -0.3 is 19.3 Å². The Hall–Kier alpha value is -2.03. The fourth-order valence-electron chi connectivity index (χ4n) is 3.85. The molecule has 0 radical (unpaired) electrons. The molecule has 3 amide bonds. The number of carbonyl (C=O) groups excluding carboxylic acids is 3. The zero-order valence-electron chi connectivity index (χ0n) is 21.7. The minimum absolute atomic E-state index is 0.152. The fraction of sp³-hybridized carbons (Fsp3) is 0.875. The predicted octanol–water partition coefficient (Wildman–Crippen LogP) is 4.20. The minimum Gasteiger partial charge on any atom is -0.444 e. The summed E-state index contributed by atoms with van der Waals surface area (Å²) in [6.45, 7) is 14.6. The third-order valence-corrected chi connectivity index (χ3v) is 5.53. The van der Waals surface area contributed by atoms with Crippen LogP contribution >= 0.6 is 0 Å². The van der Waals surface area contributed by atoms with Gasteiger partial charge in [0.25, 0.3) is 0 Å². The summed E-state index contributed by atoms with van der Waals surface area (Å²) in [5.74, 6) is 5.54. The number of carbonyl (C=O) groups is 3. The summed E-state index contributed by atoms with van der Waals surface area (Å²) in [6, 6.07) is 0.152. The monoisotopic (exact) mass is 470 g/mol. The predicted molar refractivity (Wildman–Crippen MR) is 128 cm³/mol. The van der Waals surface area contributed by atoms with Crippen LogP contribution in [0, 0.1) is 5.92 Å². The third-order valence-electron chi connectivity index (χ3n) is 5.53. The topological polar surface area (TPSA) is 114 Å². The summed E-state index contributed by atoms with van der Waals surface area (Å²) < 4.78 is 11.2. The lowest BCUT2D eigenvalue weighted by molar-refractivity contribution is -0.121. The molecule has 1 aliphatic rings. The first-order valence-electron chi connectivity index (χ1n) is 12.2. The zero-order valence-corrected chi connectivity index (χ0v) is 21.7. The number of ether oxygens (including phenoxy) is 2. The van der Waals surface area contributed by atoms with E-state index in [2.05, 4.69) is 12.3 Å². The van der Waals surface area contributed by atoms with Crippen LogP contribution in [0.25, 0.3) is 0 Å². The van der Waals surface area contributed by atoms with E-state index in [1.54, 1.807) is 4.90 Å². The summed E-state index contributed by atoms with van der Waals surface area (Å²) in [5.41, 5.74) is 0.917. The van der Waals surface area contributed by atoms with E-state index in [4.69, 9.17) is 15.3 Å². The average molecular weight is 471 g/mol. The molecule has 0 heterocycles. The maximum atomic E-state index is 13.0. The fourth-order valence-corrected chi connectivity index (χ4v) is 3.85. The summed E-state index contributed by atoms with van der Waals surface area (Å²) in [5, 5.41) is 0. The van der Waals surface area contributed by atoms with Crippen LogP contribution in [-0.4, -0.2) is 64.8 Å². The lowest BCUT2D eigenvalue weighted by Gasteiger charge is -2.37. The first-order chi connectivity index (χ1) is 15.2. The number of nitrogens with zero attached hydrogens (tertiary/aromatic N) is 2. The Kier molecular flexibility index (Phi) is 11.4. The molecule has 0 aromatic rings. The number of rotatable bonds is 9. The van der Waals surface area contributed by atoms with Gasteiger partial charge in [0.1, 0.15) is 11.2 Å². The summed E-state index contributed by atoms with van der Waals surface area (Å²) in [7, 11) is 0. The molecular weight excluding hydrogens is 424 g/mol. The van der Waals surface area contributed by atoms with Crippen LogP contribution < -0.4 is 11.3 Å². The minimum atomic E-state index is -0.620. The molecule has 0 unspecified atom stereocenters. The smallest absolute Gasteiger partial charge is 0.410 e. The van der Waals surface area contributed by atoms with Crippen molar-refractivity contribution in [1.29, 1.82) is 0 Å². The van der Waals surface area contributed by atoms with Crippen LogP contribution in [0.3, 0.4) is 0 Å². The van der Waals surface area contributed by atoms with Gasteiger partial charge in [-0.05, 0) is 86.0 Å². The highest BCUT2D eigenvalue weighted by atomic mass is 16.6. The molecule has 0 aliphatic heterocycles. The average Bonchev–Trinajstić information content (AvgIpc) is 2.67. The number of nitrogens with two attached hydrogens (primary N) is 1. The van der Waals surface area contributed by atoms with Crippen LogP contribution in [-0.2, 0) is 14.3 Å². The van der Waals surface area contributed by atoms with Crippen molar-refractivity contribution in [2.45, 2.75) is 111 Å². The molecule has 0 aromatic heterocycles. The number of nitrogens with one attached hydrogen (secondary N) is 1. The van der Waals surface area contributed by atoms with Gasteiger partial charge >= 0.3 is 12.2 Å². The van der Waals surface area contributed by atoms with Crippen molar-refractivity contribution < 1.29 is 23.9 Å². The van der Waals surface area contributed by atoms with Crippen LogP contribution in [0.15, 0.2) is 0 Å². The molecule has 0 atom stereocenters. The summed E-state index contributed by atoms with van der Waals surface area (Å²) in [6.07, 6.45) is 4.67. The van der Waals surface area contributed by atoms with E-state index in [0.29, 0.717) is 38.4 Å². The molecule has 0 saturated heterocycles. The number of hydrogen-bond acceptors (Lipinski definition) is 6. The Morgan fingerprint density at radius 1 is 0.848 bits per heavy atom. The van der Waals surface area contributed by atoms with Crippen molar-refractivity contribution in [2.75, 3.05) is 19.6 Å². The van der Waals surface area contributed by atoms with Gasteiger partial charge in [-0.2, -0.15) is 0 Å². The van der Waals surface area contributed by atoms with Crippen molar-refractivity contribution in [2.24, 2.45) is 11.8 Å². The van der Waals surface area contributed by atoms with Crippen molar-refractivity contribution in [1.82, 2.24) is 15.2 Å². The normalized spacial score (nSPS) is 18.9. The van der Waals surface area contributed by atoms with E-state index in [0.717, 1.165) is 25.7 Å². The molecule has 3 N–H and O–H groups in total. The van der Waals surface area contributed by atoms with Gasteiger partial charge in [0, 0.05) is 32.1 Å². The molecule has 9 heteroatoms. The molecule has 1 saturated carbocycles. The molecule has 9 nitrogen and oxygen atoms in total. The van der Waals surface area contributed by atoms with Gasteiger partial charge in [0.05, 0.1) is 0 Å². The SMILES string of the molecule is CC1CCC(N(CCCN(CCCC(=O)NN)C(=O)OC(C)(C)C)C(=O)OC(C)(C)C)CC1. The Bertz CT molecular complexity index is 634. The molecule has 1 fully saturated rings. The first kappa shape index (κ1) is 29.0. The third kappa shape index (κ3) is 12.1. The summed E-state index contributed by atoms with van der Waals surface area (Å²) in [4.78, 5) is 40.6. The zero-order chi connectivity index (χ0) is 25.2. The molecule has 1 aliphatic carbocycles. The largest absolute Gasteiger partial charge is 0.444 e. The van der Waals surface area contributed by atoms with Crippen molar-refractivity contribution in [3.05, 3.63) is 0 Å². The Morgan fingerprint density at radius 3 is 1.88 bits per heavy atom. The van der Waals surface area contributed by atoms with E-state index >= 15 is 0 Å². The van der Waals surface area contributed by atoms with E-state index in [9.17, 15) is 14.4 Å². The lowest BCUT2D eigenvalue weighted by atomic mass is 9.86. The lowest BCUT2D eigenvalue weighted by Crippen LogP contribution is -2.46. The molecule has 0 aromatic carbocycles. The second-order valence-electron chi connectivity index (χ2n) is 11.1. The molecule has 0 spiro atoms. The Balaban J connectivity index is 2.80. The van der Waals surface area contributed by atoms with E-state index in [1.807, 2.05) is 46.4 Å². The number of hydrogen-bond donors (Lipinski definition) is 2.